The summed E-state index contributed by atoms with van der Waals surface area (Å²) >= 11 is 6.34. The van der Waals surface area contributed by atoms with E-state index < -0.39 is 0 Å². The molecule has 0 N–H and O–H groups in total. The molecule has 2 heterocycles. The molecule has 1 aliphatic heterocycles. The van der Waals surface area contributed by atoms with Crippen molar-refractivity contribution in [2.45, 2.75) is 50.2 Å². The third kappa shape index (κ3) is 2.50. The molecule has 0 amide bonds. The Hall–Kier alpha value is -0.160. The van der Waals surface area contributed by atoms with Crippen LogP contribution >= 0.6 is 24.4 Å². The summed E-state index contributed by atoms with van der Waals surface area (Å²) in [5.74, 6) is 3.37. The van der Waals surface area contributed by atoms with Crippen LogP contribution in [0.1, 0.15) is 37.9 Å². The molecule has 0 unspecified atom stereocenters. The van der Waals surface area contributed by atoms with Crippen molar-refractivity contribution in [3.05, 3.63) is 5.82 Å². The van der Waals surface area contributed by atoms with Crippen molar-refractivity contribution in [1.82, 2.24) is 14.8 Å². The molecule has 3 nitrogen and oxygen atoms in total. The Labute approximate surface area is 112 Å². The smallest absolute Gasteiger partial charge is 0.191 e. The lowest BCUT2D eigenvalue weighted by molar-refractivity contribution is 0.589. The molecule has 0 saturated heterocycles. The van der Waals surface area contributed by atoms with Gasteiger partial charge in [-0.05, 0) is 36.9 Å². The third-order valence-corrected chi connectivity index (χ3v) is 5.86. The van der Waals surface area contributed by atoms with E-state index in [0.717, 1.165) is 29.6 Å². The predicted molar refractivity (Wildman–Crippen MR) is 73.8 cm³/mol. The van der Waals surface area contributed by atoms with Crippen molar-refractivity contribution in [3.8, 4) is 0 Å². The number of thioether (sulfide) groups is 1. The zero-order valence-electron chi connectivity index (χ0n) is 10.1. The fourth-order valence-corrected chi connectivity index (χ4v) is 4.16. The minimum Gasteiger partial charge on any atom is -0.306 e. The van der Waals surface area contributed by atoms with E-state index in [1.807, 2.05) is 11.8 Å². The number of fused-ring (bicyclic) bond motifs is 1. The molecule has 17 heavy (non-hydrogen) atoms. The van der Waals surface area contributed by atoms with E-state index in [-0.39, 0.29) is 0 Å². The van der Waals surface area contributed by atoms with Crippen molar-refractivity contribution in [3.63, 3.8) is 0 Å². The molecule has 0 spiro atoms. The maximum absolute atomic E-state index is 4.45. The van der Waals surface area contributed by atoms with Gasteiger partial charge in [-0.15, -0.1) is 10.2 Å². The van der Waals surface area contributed by atoms with Crippen LogP contribution in [0.25, 0.3) is 0 Å². The van der Waals surface area contributed by atoms with Gasteiger partial charge in [0.15, 0.2) is 5.16 Å². The molecule has 0 atom stereocenters. The van der Waals surface area contributed by atoms with E-state index >= 15 is 0 Å². The highest BCUT2D eigenvalue weighted by atomic mass is 32.2. The number of nitrogens with zero attached hydrogens (tertiary/aromatic N) is 3. The second-order valence-electron chi connectivity index (χ2n) is 5.31. The lowest BCUT2D eigenvalue weighted by Crippen LogP contribution is -2.08. The summed E-state index contributed by atoms with van der Waals surface area (Å²) in [5, 5.41) is 9.83. The van der Waals surface area contributed by atoms with Gasteiger partial charge in [0.05, 0.1) is 0 Å². The fourth-order valence-electron chi connectivity index (χ4n) is 2.31. The molecule has 1 aliphatic carbocycles. The Kier molecular flexibility index (Phi) is 3.39. The van der Waals surface area contributed by atoms with Crippen LogP contribution in [0, 0.1) is 5.41 Å². The highest BCUT2D eigenvalue weighted by Gasteiger charge is 2.41. The van der Waals surface area contributed by atoms with Gasteiger partial charge in [-0.25, -0.2) is 0 Å². The molecule has 94 valence electrons. The van der Waals surface area contributed by atoms with Crippen molar-refractivity contribution in [1.29, 1.82) is 0 Å². The zero-order valence-corrected chi connectivity index (χ0v) is 11.8. The number of aryl methyl sites for hydroxylation is 1. The summed E-state index contributed by atoms with van der Waals surface area (Å²) in [6, 6.07) is 0. The van der Waals surface area contributed by atoms with Crippen LogP contribution in [0.2, 0.25) is 0 Å². The molecule has 1 aromatic rings. The number of hydrogen-bond donors (Lipinski definition) is 1. The van der Waals surface area contributed by atoms with Gasteiger partial charge in [0.2, 0.25) is 0 Å². The maximum Gasteiger partial charge on any atom is 0.191 e. The van der Waals surface area contributed by atoms with Crippen LogP contribution in [-0.2, 0) is 13.0 Å². The Balaban J connectivity index is 1.69. The number of aromatic nitrogens is 3. The van der Waals surface area contributed by atoms with Crippen LogP contribution in [0.15, 0.2) is 5.16 Å². The highest BCUT2D eigenvalue weighted by molar-refractivity contribution is 7.99. The molecule has 0 aromatic carbocycles. The first-order chi connectivity index (χ1) is 8.33. The van der Waals surface area contributed by atoms with Crippen molar-refractivity contribution < 1.29 is 0 Å². The molecular formula is C12H19N3S2. The van der Waals surface area contributed by atoms with E-state index in [1.165, 1.54) is 37.9 Å². The Bertz CT molecular complexity index is 398. The summed E-state index contributed by atoms with van der Waals surface area (Å²) in [4.78, 5) is 0. The lowest BCUT2D eigenvalue weighted by atomic mass is 10.2. The normalized spacial score (nSPS) is 21.9. The average molecular weight is 269 g/mol. The third-order valence-electron chi connectivity index (χ3n) is 3.88. The average Bonchev–Trinajstić information content (AvgIpc) is 3.10. The van der Waals surface area contributed by atoms with Crippen molar-refractivity contribution in [2.75, 3.05) is 11.5 Å². The number of hydrogen-bond acceptors (Lipinski definition) is 4. The van der Waals surface area contributed by atoms with E-state index in [0.29, 0.717) is 5.41 Å². The van der Waals surface area contributed by atoms with Gasteiger partial charge in [0.1, 0.15) is 5.82 Å². The van der Waals surface area contributed by atoms with E-state index in [9.17, 15) is 0 Å². The Morgan fingerprint density at radius 3 is 2.88 bits per heavy atom. The minimum absolute atomic E-state index is 0.505. The second kappa shape index (κ2) is 4.84. The Morgan fingerprint density at radius 2 is 2.12 bits per heavy atom. The highest BCUT2D eigenvalue weighted by Crippen LogP contribution is 2.49. The zero-order chi connectivity index (χ0) is 11.7. The first-order valence-corrected chi connectivity index (χ1v) is 8.11. The molecule has 1 fully saturated rings. The Morgan fingerprint density at radius 1 is 1.24 bits per heavy atom. The standard InChI is InChI=1S/C12H19N3S2/c16-8-12(5-6-12)9-17-11-14-13-10-4-2-1-3-7-15(10)11/h16H,1-9H2. The van der Waals surface area contributed by atoms with Crippen LogP contribution in [-0.4, -0.2) is 26.3 Å². The van der Waals surface area contributed by atoms with Crippen LogP contribution < -0.4 is 0 Å². The van der Waals surface area contributed by atoms with Gasteiger partial charge >= 0.3 is 0 Å². The quantitative estimate of drug-likeness (QED) is 0.673. The van der Waals surface area contributed by atoms with Crippen LogP contribution in [0.5, 0.6) is 0 Å². The van der Waals surface area contributed by atoms with Gasteiger partial charge in [-0.1, -0.05) is 18.2 Å². The van der Waals surface area contributed by atoms with E-state index in [2.05, 4.69) is 27.4 Å². The molecular weight excluding hydrogens is 250 g/mol. The van der Waals surface area contributed by atoms with Crippen molar-refractivity contribution >= 4 is 24.4 Å². The monoisotopic (exact) mass is 269 g/mol. The summed E-state index contributed by atoms with van der Waals surface area (Å²) < 4.78 is 2.34. The number of rotatable bonds is 4. The minimum atomic E-state index is 0.505. The molecule has 0 radical (unpaired) electrons. The summed E-state index contributed by atoms with van der Waals surface area (Å²) in [7, 11) is 0. The second-order valence-corrected chi connectivity index (χ2v) is 6.57. The summed E-state index contributed by atoms with van der Waals surface area (Å²) in [6.45, 7) is 1.11. The number of thiol groups is 1. The lowest BCUT2D eigenvalue weighted by Gasteiger charge is -2.11. The predicted octanol–water partition coefficient (Wildman–Crippen LogP) is 2.81. The summed E-state index contributed by atoms with van der Waals surface area (Å²) in [6.07, 6.45) is 7.65. The van der Waals surface area contributed by atoms with Gasteiger partial charge in [0, 0.05) is 18.7 Å². The molecule has 0 bridgehead atoms. The van der Waals surface area contributed by atoms with E-state index in [4.69, 9.17) is 0 Å². The molecule has 1 saturated carbocycles. The molecule has 1 aromatic heterocycles. The van der Waals surface area contributed by atoms with Gasteiger partial charge in [-0.2, -0.15) is 12.6 Å². The molecule has 2 aliphatic rings. The largest absolute Gasteiger partial charge is 0.306 e. The SMILES string of the molecule is SCC1(CSc2nnc3n2CCCCC3)CC1. The van der Waals surface area contributed by atoms with Crippen LogP contribution in [0.4, 0.5) is 0 Å². The fraction of sp³-hybridized carbons (Fsp3) is 0.833. The molecule has 3 rings (SSSR count). The van der Waals surface area contributed by atoms with Gasteiger partial charge in [0.25, 0.3) is 0 Å². The van der Waals surface area contributed by atoms with Crippen LogP contribution in [0.3, 0.4) is 0 Å². The first-order valence-electron chi connectivity index (χ1n) is 6.49. The van der Waals surface area contributed by atoms with Gasteiger partial charge in [-0.3, -0.25) is 0 Å². The summed E-state index contributed by atoms with van der Waals surface area (Å²) in [5.41, 5.74) is 0.505. The topological polar surface area (TPSA) is 30.7 Å². The van der Waals surface area contributed by atoms with E-state index in [1.54, 1.807) is 0 Å². The maximum atomic E-state index is 4.45. The molecule has 5 heteroatoms. The van der Waals surface area contributed by atoms with Crippen molar-refractivity contribution in [2.24, 2.45) is 5.41 Å². The van der Waals surface area contributed by atoms with Gasteiger partial charge < -0.3 is 4.57 Å². The first kappa shape index (κ1) is 11.9.